The number of rotatable bonds is 5. The van der Waals surface area contributed by atoms with E-state index in [1.807, 2.05) is 65.8 Å². The highest BCUT2D eigenvalue weighted by Crippen LogP contribution is 2.22. The van der Waals surface area contributed by atoms with Crippen LogP contribution >= 0.6 is 0 Å². The fourth-order valence-electron chi connectivity index (χ4n) is 1.81. The first-order chi connectivity index (χ1) is 10.5. The number of hydrogen-bond acceptors (Lipinski definition) is 3. The van der Waals surface area contributed by atoms with Crippen LogP contribution in [-0.2, 0) is 6.54 Å². The van der Waals surface area contributed by atoms with Crippen molar-refractivity contribution in [3.63, 3.8) is 0 Å². The van der Waals surface area contributed by atoms with Gasteiger partial charge in [0.15, 0.2) is 0 Å². The smallest absolute Gasteiger partial charge is 0.315 e. The standard InChI is InChI=1S/C18H30N2O3/c1-17(2,3)15(21)12-20-16(22)19-11-13-9-7-8-10-14(13)23-18(4,5)6/h7-10,15,21H,11-12H2,1-6H3,(H2,19,20,22). The van der Waals surface area contributed by atoms with Crippen molar-refractivity contribution in [2.24, 2.45) is 5.41 Å². The monoisotopic (exact) mass is 322 g/mol. The lowest BCUT2D eigenvalue weighted by atomic mass is 9.89. The van der Waals surface area contributed by atoms with Gasteiger partial charge in [-0.15, -0.1) is 0 Å². The molecular weight excluding hydrogens is 292 g/mol. The average Bonchev–Trinajstić information content (AvgIpc) is 2.41. The van der Waals surface area contributed by atoms with Crippen molar-refractivity contribution in [3.05, 3.63) is 29.8 Å². The second kappa shape index (κ2) is 7.68. The number of amides is 2. The van der Waals surface area contributed by atoms with E-state index in [0.717, 1.165) is 11.3 Å². The highest BCUT2D eigenvalue weighted by Gasteiger charge is 2.22. The SMILES string of the molecule is CC(C)(C)Oc1ccccc1CNC(=O)NCC(O)C(C)(C)C. The predicted molar refractivity (Wildman–Crippen MR) is 92.5 cm³/mol. The minimum absolute atomic E-state index is 0.218. The molecule has 2 amide bonds. The zero-order valence-corrected chi connectivity index (χ0v) is 15.1. The molecule has 0 spiro atoms. The number of carbonyl (C=O) groups excluding carboxylic acids is 1. The lowest BCUT2D eigenvalue weighted by molar-refractivity contribution is 0.0650. The molecule has 0 saturated heterocycles. The van der Waals surface area contributed by atoms with E-state index in [0.29, 0.717) is 6.54 Å². The Balaban J connectivity index is 2.54. The van der Waals surface area contributed by atoms with Crippen LogP contribution in [0.5, 0.6) is 5.75 Å². The van der Waals surface area contributed by atoms with Gasteiger partial charge >= 0.3 is 6.03 Å². The average molecular weight is 322 g/mol. The summed E-state index contributed by atoms with van der Waals surface area (Å²) in [7, 11) is 0. The van der Waals surface area contributed by atoms with Crippen LogP contribution in [0.3, 0.4) is 0 Å². The third kappa shape index (κ3) is 7.37. The Kier molecular flexibility index (Phi) is 6.45. The Hall–Kier alpha value is -1.75. The number of aliphatic hydroxyl groups excluding tert-OH is 1. The summed E-state index contributed by atoms with van der Waals surface area (Å²) in [4.78, 5) is 11.9. The van der Waals surface area contributed by atoms with E-state index in [1.54, 1.807) is 0 Å². The number of urea groups is 1. The molecule has 0 heterocycles. The van der Waals surface area contributed by atoms with E-state index >= 15 is 0 Å². The number of benzene rings is 1. The summed E-state index contributed by atoms with van der Waals surface area (Å²) in [5.74, 6) is 0.759. The minimum atomic E-state index is -0.593. The summed E-state index contributed by atoms with van der Waals surface area (Å²) in [5, 5.41) is 15.4. The van der Waals surface area contributed by atoms with Gasteiger partial charge in [-0.05, 0) is 32.3 Å². The minimum Gasteiger partial charge on any atom is -0.488 e. The highest BCUT2D eigenvalue weighted by molar-refractivity contribution is 5.73. The van der Waals surface area contributed by atoms with Crippen LogP contribution in [-0.4, -0.2) is 29.4 Å². The largest absolute Gasteiger partial charge is 0.488 e. The molecule has 0 bridgehead atoms. The highest BCUT2D eigenvalue weighted by atomic mass is 16.5. The van der Waals surface area contributed by atoms with Gasteiger partial charge in [-0.1, -0.05) is 39.0 Å². The van der Waals surface area contributed by atoms with E-state index in [-0.39, 0.29) is 23.6 Å². The Labute approximate surface area is 139 Å². The van der Waals surface area contributed by atoms with Gasteiger partial charge < -0.3 is 20.5 Å². The molecule has 0 aliphatic carbocycles. The van der Waals surface area contributed by atoms with Gasteiger partial charge in [0.05, 0.1) is 6.10 Å². The van der Waals surface area contributed by atoms with Gasteiger partial charge in [0.25, 0.3) is 0 Å². The summed E-state index contributed by atoms with van der Waals surface area (Å²) in [6.45, 7) is 12.3. The molecule has 1 aromatic rings. The number of hydrogen-bond donors (Lipinski definition) is 3. The van der Waals surface area contributed by atoms with Gasteiger partial charge in [-0.25, -0.2) is 4.79 Å². The molecule has 0 aliphatic heterocycles. The third-order valence-electron chi connectivity index (χ3n) is 3.28. The van der Waals surface area contributed by atoms with Crippen molar-refractivity contribution >= 4 is 6.03 Å². The van der Waals surface area contributed by atoms with Crippen molar-refractivity contribution in [2.75, 3.05) is 6.54 Å². The summed E-state index contributed by atoms with van der Waals surface area (Å²) < 4.78 is 5.90. The zero-order chi connectivity index (χ0) is 17.7. The van der Waals surface area contributed by atoms with Crippen LogP contribution in [0.4, 0.5) is 4.79 Å². The van der Waals surface area contributed by atoms with Gasteiger partial charge in [-0.2, -0.15) is 0 Å². The molecule has 1 unspecified atom stereocenters. The van der Waals surface area contributed by atoms with Crippen LogP contribution in [0.15, 0.2) is 24.3 Å². The zero-order valence-electron chi connectivity index (χ0n) is 15.1. The molecule has 5 nitrogen and oxygen atoms in total. The van der Waals surface area contributed by atoms with Gasteiger partial charge in [0.2, 0.25) is 0 Å². The second-order valence-electron chi connectivity index (χ2n) is 7.77. The number of carbonyl (C=O) groups is 1. The Morgan fingerprint density at radius 1 is 1.13 bits per heavy atom. The van der Waals surface area contributed by atoms with Gasteiger partial charge in [0, 0.05) is 18.7 Å². The summed E-state index contributed by atoms with van der Waals surface area (Å²) >= 11 is 0. The molecule has 5 heteroatoms. The van der Waals surface area contributed by atoms with Gasteiger partial charge in [0.1, 0.15) is 11.4 Å². The van der Waals surface area contributed by atoms with Crippen LogP contribution in [0.2, 0.25) is 0 Å². The van der Waals surface area contributed by atoms with E-state index < -0.39 is 6.10 Å². The van der Waals surface area contributed by atoms with Crippen LogP contribution in [0.25, 0.3) is 0 Å². The molecule has 0 saturated carbocycles. The Bertz CT molecular complexity index is 516. The van der Waals surface area contributed by atoms with E-state index in [9.17, 15) is 9.90 Å². The first-order valence-corrected chi connectivity index (χ1v) is 7.96. The maximum atomic E-state index is 11.9. The molecule has 3 N–H and O–H groups in total. The maximum Gasteiger partial charge on any atom is 0.315 e. The normalized spacial score (nSPS) is 13.3. The molecule has 130 valence electrons. The molecule has 0 aliphatic rings. The lowest BCUT2D eigenvalue weighted by Gasteiger charge is -2.26. The fraction of sp³-hybridized carbons (Fsp3) is 0.611. The van der Waals surface area contributed by atoms with Gasteiger partial charge in [-0.3, -0.25) is 0 Å². The van der Waals surface area contributed by atoms with Crippen molar-refractivity contribution in [3.8, 4) is 5.75 Å². The van der Waals surface area contributed by atoms with Crippen molar-refractivity contribution in [1.82, 2.24) is 10.6 Å². The van der Waals surface area contributed by atoms with E-state index in [1.165, 1.54) is 0 Å². The molecule has 1 aromatic carbocycles. The number of nitrogens with one attached hydrogen (secondary N) is 2. The van der Waals surface area contributed by atoms with Crippen molar-refractivity contribution in [1.29, 1.82) is 0 Å². The number of ether oxygens (including phenoxy) is 1. The number of para-hydroxylation sites is 1. The Morgan fingerprint density at radius 3 is 2.30 bits per heavy atom. The van der Waals surface area contributed by atoms with Crippen molar-refractivity contribution < 1.29 is 14.6 Å². The molecule has 23 heavy (non-hydrogen) atoms. The molecule has 1 atom stereocenters. The number of aliphatic hydroxyl groups is 1. The fourth-order valence-corrected chi connectivity index (χ4v) is 1.81. The van der Waals surface area contributed by atoms with E-state index in [2.05, 4.69) is 10.6 Å². The van der Waals surface area contributed by atoms with E-state index in [4.69, 9.17) is 4.74 Å². The summed E-state index contributed by atoms with van der Waals surface area (Å²) in [6, 6.07) is 7.33. The van der Waals surface area contributed by atoms with Crippen LogP contribution < -0.4 is 15.4 Å². The Morgan fingerprint density at radius 2 is 1.74 bits per heavy atom. The summed E-state index contributed by atoms with van der Waals surface area (Å²) in [6.07, 6.45) is -0.593. The summed E-state index contributed by atoms with van der Waals surface area (Å²) in [5.41, 5.74) is 0.351. The quantitative estimate of drug-likeness (QED) is 0.780. The molecular formula is C18H30N2O3. The molecule has 0 radical (unpaired) electrons. The molecule has 1 rings (SSSR count). The first kappa shape index (κ1) is 19.3. The predicted octanol–water partition coefficient (Wildman–Crippen LogP) is 3.07. The lowest BCUT2D eigenvalue weighted by Crippen LogP contribution is -2.43. The topological polar surface area (TPSA) is 70.6 Å². The van der Waals surface area contributed by atoms with Crippen LogP contribution in [0.1, 0.15) is 47.1 Å². The van der Waals surface area contributed by atoms with Crippen LogP contribution in [0, 0.1) is 5.41 Å². The first-order valence-electron chi connectivity index (χ1n) is 7.96. The second-order valence-corrected chi connectivity index (χ2v) is 7.77. The molecule has 0 fully saturated rings. The third-order valence-corrected chi connectivity index (χ3v) is 3.28. The van der Waals surface area contributed by atoms with Crippen molar-refractivity contribution in [2.45, 2.75) is 59.8 Å². The maximum absolute atomic E-state index is 11.9. The molecule has 0 aromatic heterocycles.